The summed E-state index contributed by atoms with van der Waals surface area (Å²) in [5, 5.41) is 9.78. The van der Waals surface area contributed by atoms with Gasteiger partial charge in [-0.05, 0) is 36.9 Å². The molecule has 4 nitrogen and oxygen atoms in total. The molecule has 0 aliphatic rings. The molecule has 3 aromatic rings. The van der Waals surface area contributed by atoms with Gasteiger partial charge in [0.25, 0.3) is 0 Å². The van der Waals surface area contributed by atoms with E-state index in [-0.39, 0.29) is 0 Å². The Morgan fingerprint density at radius 2 is 2.00 bits per heavy atom. The Bertz CT molecular complexity index is 714. The number of hydrogen-bond donors (Lipinski definition) is 1. The minimum Gasteiger partial charge on any atom is -0.361 e. The van der Waals surface area contributed by atoms with Gasteiger partial charge < -0.3 is 9.84 Å². The number of nitrogens with zero attached hydrogens (tertiary/aromatic N) is 2. The summed E-state index contributed by atoms with van der Waals surface area (Å²) in [6.45, 7) is 5.51. The zero-order valence-corrected chi connectivity index (χ0v) is 11.7. The average Bonchev–Trinajstić information content (AvgIpc) is 2.79. The molecule has 1 aromatic carbocycles. The minimum absolute atomic E-state index is 0.773. The van der Waals surface area contributed by atoms with Gasteiger partial charge in [0.2, 0.25) is 0 Å². The van der Waals surface area contributed by atoms with E-state index in [4.69, 9.17) is 4.52 Å². The molecule has 3 rings (SSSR count). The second-order valence-electron chi connectivity index (χ2n) is 4.96. The average molecular weight is 267 g/mol. The largest absolute Gasteiger partial charge is 0.361 e. The van der Waals surface area contributed by atoms with Crippen molar-refractivity contribution in [3.05, 3.63) is 59.2 Å². The van der Waals surface area contributed by atoms with Crippen molar-refractivity contribution >= 4 is 10.8 Å². The molecule has 20 heavy (non-hydrogen) atoms. The molecule has 2 heterocycles. The van der Waals surface area contributed by atoms with Crippen LogP contribution in [0.4, 0.5) is 0 Å². The third-order valence-corrected chi connectivity index (χ3v) is 3.52. The van der Waals surface area contributed by atoms with Crippen LogP contribution < -0.4 is 5.32 Å². The van der Waals surface area contributed by atoms with E-state index < -0.39 is 0 Å². The molecule has 0 radical (unpaired) electrons. The Kier molecular flexibility index (Phi) is 3.48. The van der Waals surface area contributed by atoms with E-state index in [9.17, 15) is 0 Å². The Morgan fingerprint density at radius 1 is 1.10 bits per heavy atom. The van der Waals surface area contributed by atoms with Gasteiger partial charge in [0, 0.05) is 36.4 Å². The zero-order valence-electron chi connectivity index (χ0n) is 11.7. The third-order valence-electron chi connectivity index (χ3n) is 3.52. The highest BCUT2D eigenvalue weighted by Crippen LogP contribution is 2.15. The first kappa shape index (κ1) is 12.8. The van der Waals surface area contributed by atoms with Crippen molar-refractivity contribution in [3.8, 4) is 0 Å². The van der Waals surface area contributed by atoms with Crippen LogP contribution in [0.25, 0.3) is 10.8 Å². The number of aromatic nitrogens is 2. The molecule has 0 aliphatic heterocycles. The van der Waals surface area contributed by atoms with Gasteiger partial charge in [0.05, 0.1) is 5.69 Å². The molecule has 0 spiro atoms. The number of aryl methyl sites for hydroxylation is 2. The van der Waals surface area contributed by atoms with Crippen LogP contribution in [0, 0.1) is 13.8 Å². The molecule has 2 aromatic heterocycles. The SMILES string of the molecule is Cc1noc(C)c1CNCc1ccc2cnccc2c1. The highest BCUT2D eigenvalue weighted by Gasteiger charge is 2.07. The lowest BCUT2D eigenvalue weighted by atomic mass is 10.1. The van der Waals surface area contributed by atoms with Gasteiger partial charge in [-0.15, -0.1) is 0 Å². The number of benzene rings is 1. The van der Waals surface area contributed by atoms with Gasteiger partial charge in [0.15, 0.2) is 0 Å². The van der Waals surface area contributed by atoms with Gasteiger partial charge in [-0.2, -0.15) is 0 Å². The summed E-state index contributed by atoms with van der Waals surface area (Å²) in [5.41, 5.74) is 3.37. The van der Waals surface area contributed by atoms with Crippen LogP contribution in [-0.4, -0.2) is 10.1 Å². The van der Waals surface area contributed by atoms with E-state index in [1.165, 1.54) is 16.3 Å². The summed E-state index contributed by atoms with van der Waals surface area (Å²) in [6.07, 6.45) is 3.71. The summed E-state index contributed by atoms with van der Waals surface area (Å²) in [4.78, 5) is 4.12. The number of pyridine rings is 1. The maximum atomic E-state index is 5.16. The smallest absolute Gasteiger partial charge is 0.138 e. The van der Waals surface area contributed by atoms with E-state index in [1.807, 2.05) is 32.3 Å². The molecule has 4 heteroatoms. The van der Waals surface area contributed by atoms with Gasteiger partial charge in [0.1, 0.15) is 5.76 Å². The van der Waals surface area contributed by atoms with Crippen LogP contribution in [0.15, 0.2) is 41.2 Å². The molecule has 0 unspecified atom stereocenters. The second-order valence-corrected chi connectivity index (χ2v) is 4.96. The van der Waals surface area contributed by atoms with E-state index in [2.05, 4.69) is 33.7 Å². The fraction of sp³-hybridized carbons (Fsp3) is 0.250. The van der Waals surface area contributed by atoms with Crippen molar-refractivity contribution in [1.29, 1.82) is 0 Å². The van der Waals surface area contributed by atoms with Gasteiger partial charge in [-0.1, -0.05) is 17.3 Å². The number of fused-ring (bicyclic) bond motifs is 1. The van der Waals surface area contributed by atoms with Crippen LogP contribution in [0.1, 0.15) is 22.6 Å². The summed E-state index contributed by atoms with van der Waals surface area (Å²) < 4.78 is 5.16. The Morgan fingerprint density at radius 3 is 2.80 bits per heavy atom. The van der Waals surface area contributed by atoms with Gasteiger partial charge >= 0.3 is 0 Å². The van der Waals surface area contributed by atoms with Gasteiger partial charge in [-0.3, -0.25) is 4.98 Å². The predicted octanol–water partition coefficient (Wildman–Crippen LogP) is 3.13. The number of hydrogen-bond acceptors (Lipinski definition) is 4. The monoisotopic (exact) mass is 267 g/mol. The van der Waals surface area contributed by atoms with Crippen LogP contribution in [-0.2, 0) is 13.1 Å². The maximum absolute atomic E-state index is 5.16. The molecule has 0 atom stereocenters. The van der Waals surface area contributed by atoms with Crippen molar-refractivity contribution < 1.29 is 4.52 Å². The van der Waals surface area contributed by atoms with Crippen molar-refractivity contribution in [2.75, 3.05) is 0 Å². The van der Waals surface area contributed by atoms with Crippen molar-refractivity contribution in [3.63, 3.8) is 0 Å². The van der Waals surface area contributed by atoms with Crippen LogP contribution in [0.3, 0.4) is 0 Å². The molecular formula is C16H17N3O. The molecule has 0 aliphatic carbocycles. The molecular weight excluding hydrogens is 250 g/mol. The normalized spacial score (nSPS) is 11.1. The third kappa shape index (κ3) is 2.56. The van der Waals surface area contributed by atoms with Crippen molar-refractivity contribution in [1.82, 2.24) is 15.5 Å². The first-order valence-corrected chi connectivity index (χ1v) is 6.69. The fourth-order valence-corrected chi connectivity index (χ4v) is 2.33. The van der Waals surface area contributed by atoms with Crippen LogP contribution in [0.5, 0.6) is 0 Å². The van der Waals surface area contributed by atoms with Crippen molar-refractivity contribution in [2.45, 2.75) is 26.9 Å². The molecule has 1 N–H and O–H groups in total. The minimum atomic E-state index is 0.773. The first-order chi connectivity index (χ1) is 9.74. The molecule has 0 fully saturated rings. The maximum Gasteiger partial charge on any atom is 0.138 e. The lowest BCUT2D eigenvalue weighted by molar-refractivity contribution is 0.392. The molecule has 0 amide bonds. The molecule has 102 valence electrons. The van der Waals surface area contributed by atoms with E-state index in [0.29, 0.717) is 0 Å². The lowest BCUT2D eigenvalue weighted by Gasteiger charge is -2.06. The molecule has 0 bridgehead atoms. The van der Waals surface area contributed by atoms with Crippen LogP contribution in [0.2, 0.25) is 0 Å². The Labute approximate surface area is 117 Å². The fourth-order valence-electron chi connectivity index (χ4n) is 2.33. The number of rotatable bonds is 4. The second kappa shape index (κ2) is 5.43. The van der Waals surface area contributed by atoms with Crippen LogP contribution >= 0.6 is 0 Å². The quantitative estimate of drug-likeness (QED) is 0.789. The zero-order chi connectivity index (χ0) is 13.9. The highest BCUT2D eigenvalue weighted by molar-refractivity contribution is 5.81. The Hall–Kier alpha value is -2.20. The Balaban J connectivity index is 1.68. The summed E-state index contributed by atoms with van der Waals surface area (Å²) >= 11 is 0. The highest BCUT2D eigenvalue weighted by atomic mass is 16.5. The summed E-state index contributed by atoms with van der Waals surface area (Å²) in [6, 6.07) is 8.46. The predicted molar refractivity (Wildman–Crippen MR) is 78.3 cm³/mol. The van der Waals surface area contributed by atoms with E-state index in [1.54, 1.807) is 0 Å². The lowest BCUT2D eigenvalue weighted by Crippen LogP contribution is -2.13. The number of nitrogens with one attached hydrogen (secondary N) is 1. The van der Waals surface area contributed by atoms with Crippen molar-refractivity contribution in [2.24, 2.45) is 0 Å². The summed E-state index contributed by atoms with van der Waals surface area (Å²) in [7, 11) is 0. The topological polar surface area (TPSA) is 51.0 Å². The van der Waals surface area contributed by atoms with E-state index >= 15 is 0 Å². The van der Waals surface area contributed by atoms with Gasteiger partial charge in [-0.25, -0.2) is 0 Å². The molecule has 0 saturated carbocycles. The standard InChI is InChI=1S/C16H17N3O/c1-11-16(12(2)20-19-11)10-18-8-13-3-4-15-9-17-6-5-14(15)7-13/h3-7,9,18H,8,10H2,1-2H3. The summed E-state index contributed by atoms with van der Waals surface area (Å²) in [5.74, 6) is 0.889. The molecule has 0 saturated heterocycles. The first-order valence-electron chi connectivity index (χ1n) is 6.69. The van der Waals surface area contributed by atoms with E-state index in [0.717, 1.165) is 30.1 Å².